The maximum absolute atomic E-state index is 5.63. The molecule has 0 unspecified atom stereocenters. The number of hydrogen-bond acceptors (Lipinski definition) is 1. The zero-order valence-corrected chi connectivity index (χ0v) is 4.77. The van der Waals surface area contributed by atoms with E-state index < -0.39 is 0 Å². The van der Waals surface area contributed by atoms with Gasteiger partial charge < -0.3 is 4.74 Å². The smallest absolute Gasteiger partial charge is 0.149 e. The highest BCUT2D eigenvalue weighted by Crippen LogP contribution is 2.40. The summed E-state index contributed by atoms with van der Waals surface area (Å²) in [4.78, 5) is 0. The molecule has 2 aliphatic rings. The molecule has 8 heavy (non-hydrogen) atoms. The van der Waals surface area contributed by atoms with Crippen LogP contribution < -0.4 is 4.74 Å². The van der Waals surface area contributed by atoms with Gasteiger partial charge in [0.2, 0.25) is 0 Å². The third-order valence-electron chi connectivity index (χ3n) is 1.13. The first-order valence-electron chi connectivity index (χ1n) is 2.34. The Labute approximate surface area is 51.8 Å². The van der Waals surface area contributed by atoms with Crippen LogP contribution in [0.5, 0.6) is 11.5 Å². The van der Waals surface area contributed by atoms with Gasteiger partial charge in [-0.25, -0.2) is 0 Å². The molecule has 0 aliphatic carbocycles. The van der Waals surface area contributed by atoms with Gasteiger partial charge in [-0.3, -0.25) is 0 Å². The molecule has 1 aromatic rings. The molecule has 2 bridgehead atoms. The average molecular weight is 127 g/mol. The molecule has 0 N–H and O–H groups in total. The second-order valence-corrected chi connectivity index (χ2v) is 2.10. The minimum atomic E-state index is 0.694. The van der Waals surface area contributed by atoms with Gasteiger partial charge in [0.25, 0.3) is 0 Å². The first-order valence-corrected chi connectivity index (χ1v) is 2.71. The van der Waals surface area contributed by atoms with E-state index in [-0.39, 0.29) is 0 Å². The van der Waals surface area contributed by atoms with Crippen LogP contribution >= 0.6 is 11.6 Å². The molecule has 0 amide bonds. The van der Waals surface area contributed by atoms with Crippen molar-refractivity contribution in [2.24, 2.45) is 0 Å². The van der Waals surface area contributed by atoms with Gasteiger partial charge in [-0.15, -0.1) is 0 Å². The highest BCUT2D eigenvalue weighted by molar-refractivity contribution is 6.32. The van der Waals surface area contributed by atoms with Gasteiger partial charge in [0, 0.05) is 6.07 Å². The highest BCUT2D eigenvalue weighted by Gasteiger charge is 2.12. The Bertz CT molecular complexity index is 223. The number of hydrogen-bond donors (Lipinski definition) is 0. The molecule has 0 atom stereocenters. The minimum Gasteiger partial charge on any atom is -0.456 e. The molecule has 1 nitrogen and oxygen atoms in total. The van der Waals surface area contributed by atoms with E-state index in [0.29, 0.717) is 5.02 Å². The molecule has 2 aliphatic heterocycles. The molecule has 0 radical (unpaired) electrons. The molecule has 1 aromatic carbocycles. The van der Waals surface area contributed by atoms with E-state index >= 15 is 0 Å². The Hall–Kier alpha value is -0.690. The van der Waals surface area contributed by atoms with Crippen LogP contribution in [0, 0.1) is 0 Å². The van der Waals surface area contributed by atoms with Crippen molar-refractivity contribution in [1.29, 1.82) is 0 Å². The Morgan fingerprint density at radius 2 is 2.12 bits per heavy atom. The third kappa shape index (κ3) is 0.371. The summed E-state index contributed by atoms with van der Waals surface area (Å²) in [6.45, 7) is 0. The lowest BCUT2D eigenvalue weighted by atomic mass is 10.2. The standard InChI is InChI=1S/C6H3ClO/c7-5-2-1-4-3-6(5)8-4/h1-3H. The van der Waals surface area contributed by atoms with Crippen LogP contribution in [0.25, 0.3) is 0 Å². The fourth-order valence-electron chi connectivity index (χ4n) is 0.694. The van der Waals surface area contributed by atoms with Crippen LogP contribution in [0.3, 0.4) is 0 Å². The summed E-state index contributed by atoms with van der Waals surface area (Å²) >= 11 is 5.63. The molecule has 40 valence electrons. The van der Waals surface area contributed by atoms with Crippen molar-refractivity contribution in [3.05, 3.63) is 23.2 Å². The molecule has 2 heterocycles. The van der Waals surface area contributed by atoms with Crippen molar-refractivity contribution >= 4 is 11.6 Å². The minimum absolute atomic E-state index is 0.694. The van der Waals surface area contributed by atoms with E-state index in [1.165, 1.54) is 0 Å². The Morgan fingerprint density at radius 3 is 2.38 bits per heavy atom. The van der Waals surface area contributed by atoms with E-state index in [4.69, 9.17) is 16.3 Å². The maximum Gasteiger partial charge on any atom is 0.149 e. The van der Waals surface area contributed by atoms with E-state index in [1.807, 2.05) is 18.2 Å². The molecule has 0 fully saturated rings. The zero-order valence-electron chi connectivity index (χ0n) is 4.02. The summed E-state index contributed by atoms with van der Waals surface area (Å²) in [5.74, 6) is 1.70. The fraction of sp³-hybridized carbons (Fsp3) is 0. The Kier molecular flexibility index (Phi) is 0.619. The number of rotatable bonds is 0. The Morgan fingerprint density at radius 1 is 1.38 bits per heavy atom. The number of halogens is 1. The summed E-state index contributed by atoms with van der Waals surface area (Å²) in [7, 11) is 0. The SMILES string of the molecule is Clc1ccc2cc1O2. The lowest BCUT2D eigenvalue weighted by molar-refractivity contribution is 0.439. The van der Waals surface area contributed by atoms with Gasteiger partial charge in [-0.2, -0.15) is 0 Å². The summed E-state index contributed by atoms with van der Waals surface area (Å²) in [6, 6.07) is 5.58. The largest absolute Gasteiger partial charge is 0.456 e. The number of ether oxygens (including phenoxy) is 1. The van der Waals surface area contributed by atoms with Gasteiger partial charge in [0.05, 0.1) is 5.02 Å². The summed E-state index contributed by atoms with van der Waals surface area (Å²) in [6.07, 6.45) is 0. The Balaban J connectivity index is 2.72. The molecule has 3 rings (SSSR count). The van der Waals surface area contributed by atoms with Gasteiger partial charge in [-0.1, -0.05) is 11.6 Å². The number of benzene rings is 1. The fourth-order valence-corrected chi connectivity index (χ4v) is 0.850. The van der Waals surface area contributed by atoms with Crippen molar-refractivity contribution in [2.75, 3.05) is 0 Å². The molecule has 0 saturated carbocycles. The quantitative estimate of drug-likeness (QED) is 0.527. The van der Waals surface area contributed by atoms with Gasteiger partial charge >= 0.3 is 0 Å². The predicted octanol–water partition coefficient (Wildman–Crippen LogP) is 2.45. The van der Waals surface area contributed by atoms with E-state index in [2.05, 4.69) is 0 Å². The van der Waals surface area contributed by atoms with Crippen LogP contribution in [-0.2, 0) is 0 Å². The first kappa shape index (κ1) is 4.21. The highest BCUT2D eigenvalue weighted by atomic mass is 35.5. The normalized spacial score (nSPS) is 12.1. The molecule has 2 heteroatoms. The van der Waals surface area contributed by atoms with Crippen LogP contribution in [0.1, 0.15) is 0 Å². The summed E-state index contributed by atoms with van der Waals surface area (Å²) in [5, 5.41) is 0.694. The lowest BCUT2D eigenvalue weighted by Gasteiger charge is -2.16. The van der Waals surface area contributed by atoms with E-state index in [0.717, 1.165) is 11.5 Å². The summed E-state index contributed by atoms with van der Waals surface area (Å²) in [5.41, 5.74) is 0. The monoisotopic (exact) mass is 126 g/mol. The van der Waals surface area contributed by atoms with Crippen LogP contribution in [0.15, 0.2) is 18.2 Å². The van der Waals surface area contributed by atoms with Crippen LogP contribution in [0.2, 0.25) is 5.02 Å². The first-order chi connectivity index (χ1) is 3.86. The van der Waals surface area contributed by atoms with Gasteiger partial charge in [0.1, 0.15) is 11.5 Å². The molecule has 0 spiro atoms. The van der Waals surface area contributed by atoms with Crippen molar-refractivity contribution in [2.45, 2.75) is 0 Å². The van der Waals surface area contributed by atoms with Crippen molar-refractivity contribution < 1.29 is 4.74 Å². The average Bonchev–Trinajstić information content (AvgIpc) is 1.62. The molecular weight excluding hydrogens is 124 g/mol. The summed E-state index contributed by atoms with van der Waals surface area (Å²) < 4.78 is 5.01. The molecule has 0 saturated heterocycles. The van der Waals surface area contributed by atoms with E-state index in [9.17, 15) is 0 Å². The van der Waals surface area contributed by atoms with Crippen molar-refractivity contribution in [1.82, 2.24) is 0 Å². The van der Waals surface area contributed by atoms with Gasteiger partial charge in [0.15, 0.2) is 0 Å². The second kappa shape index (κ2) is 1.17. The molecular formula is C6H3ClO. The predicted molar refractivity (Wildman–Crippen MR) is 31.5 cm³/mol. The maximum atomic E-state index is 5.63. The van der Waals surface area contributed by atoms with Crippen LogP contribution in [0.4, 0.5) is 0 Å². The lowest BCUT2D eigenvalue weighted by Crippen LogP contribution is -1.93. The van der Waals surface area contributed by atoms with Crippen molar-refractivity contribution in [3.63, 3.8) is 0 Å². The van der Waals surface area contributed by atoms with E-state index in [1.54, 1.807) is 0 Å². The van der Waals surface area contributed by atoms with Gasteiger partial charge in [-0.05, 0) is 12.1 Å². The second-order valence-electron chi connectivity index (χ2n) is 1.69. The number of fused-ring (bicyclic) bond motifs is 2. The zero-order chi connectivity index (χ0) is 5.56. The molecule has 0 aromatic heterocycles. The van der Waals surface area contributed by atoms with Crippen molar-refractivity contribution in [3.8, 4) is 11.5 Å². The van der Waals surface area contributed by atoms with Crippen LogP contribution in [-0.4, -0.2) is 0 Å². The topological polar surface area (TPSA) is 9.23 Å². The third-order valence-corrected chi connectivity index (χ3v) is 1.44.